The van der Waals surface area contributed by atoms with Crippen molar-refractivity contribution < 1.29 is 26.7 Å². The van der Waals surface area contributed by atoms with E-state index in [0.717, 1.165) is 36.8 Å². The van der Waals surface area contributed by atoms with Crippen molar-refractivity contribution >= 4 is 11.6 Å². The molecule has 2 aliphatic rings. The number of allylic oxidation sites excluding steroid dienone is 8. The number of rotatable bonds is 6. The zero-order valence-corrected chi connectivity index (χ0v) is 13.8. The van der Waals surface area contributed by atoms with Gasteiger partial charge in [0.25, 0.3) is 0 Å². The van der Waals surface area contributed by atoms with Gasteiger partial charge in [-0.1, -0.05) is 39.5 Å². The van der Waals surface area contributed by atoms with E-state index in [2.05, 4.69) is 12.2 Å². The summed E-state index contributed by atoms with van der Waals surface area (Å²) in [6.07, 6.45) is 18.4. The quantitative estimate of drug-likeness (QED) is 0.544. The normalized spacial score (nSPS) is 14.8. The van der Waals surface area contributed by atoms with E-state index in [1.165, 1.54) is 0 Å². The first kappa shape index (κ1) is 19.8. The molecule has 0 aliphatic heterocycles. The summed E-state index contributed by atoms with van der Waals surface area (Å²) in [5.74, 6) is 0.465. The van der Waals surface area contributed by atoms with E-state index in [4.69, 9.17) is 0 Å². The Hall–Kier alpha value is -1.18. The third kappa shape index (κ3) is 7.40. The van der Waals surface area contributed by atoms with E-state index in [1.807, 2.05) is 38.2 Å². The standard InChI is InChI=1S/2C9H11O.Fe/c2*1-2-5-9(10)8-6-3-4-7-8;/h2*3,6H,2,4-5H2,1H3;/q2*-1;+2. The van der Waals surface area contributed by atoms with Crippen molar-refractivity contribution in [3.8, 4) is 0 Å². The molecule has 0 spiro atoms. The van der Waals surface area contributed by atoms with Gasteiger partial charge in [0.05, 0.1) is 0 Å². The molecule has 2 nitrogen and oxygen atoms in total. The molecule has 0 aromatic rings. The van der Waals surface area contributed by atoms with Gasteiger partial charge in [-0.15, -0.1) is 12.2 Å². The monoisotopic (exact) mass is 326 g/mol. The zero-order chi connectivity index (χ0) is 14.8. The Kier molecular flexibility index (Phi) is 10.8. The van der Waals surface area contributed by atoms with Crippen LogP contribution in [-0.2, 0) is 26.7 Å². The maximum Gasteiger partial charge on any atom is 2.00 e. The maximum absolute atomic E-state index is 11.1. The Balaban J connectivity index is 0.000000364. The van der Waals surface area contributed by atoms with Crippen LogP contribution in [0.4, 0.5) is 0 Å². The molecule has 0 atom stereocenters. The smallest absolute Gasteiger partial charge is 0.371 e. The summed E-state index contributed by atoms with van der Waals surface area (Å²) in [6, 6.07) is 0. The van der Waals surface area contributed by atoms with Crippen molar-refractivity contribution in [1.29, 1.82) is 0 Å². The predicted molar refractivity (Wildman–Crippen MR) is 80.9 cm³/mol. The molecular formula is C18H22FeO2. The fourth-order valence-electron chi connectivity index (χ4n) is 1.92. The molecule has 2 aliphatic carbocycles. The van der Waals surface area contributed by atoms with E-state index in [0.29, 0.717) is 12.8 Å². The number of Topliss-reactive ketones (excluding diaryl/α,β-unsaturated/α-hetero) is 2. The van der Waals surface area contributed by atoms with Gasteiger partial charge in [0.1, 0.15) is 0 Å². The summed E-state index contributed by atoms with van der Waals surface area (Å²) in [6.45, 7) is 4.02. The third-order valence-electron chi connectivity index (χ3n) is 2.94. The van der Waals surface area contributed by atoms with E-state index in [1.54, 1.807) is 0 Å². The summed E-state index contributed by atoms with van der Waals surface area (Å²) in [4.78, 5) is 22.2. The number of ketones is 2. The van der Waals surface area contributed by atoms with Crippen molar-refractivity contribution in [1.82, 2.24) is 0 Å². The fourth-order valence-corrected chi connectivity index (χ4v) is 1.92. The minimum absolute atomic E-state index is 0. The molecule has 114 valence electrons. The van der Waals surface area contributed by atoms with E-state index >= 15 is 0 Å². The van der Waals surface area contributed by atoms with Gasteiger partial charge < -0.3 is 9.59 Å². The van der Waals surface area contributed by atoms with Crippen molar-refractivity contribution in [2.45, 2.75) is 52.4 Å². The Morgan fingerprint density at radius 3 is 1.52 bits per heavy atom. The minimum atomic E-state index is 0. The van der Waals surface area contributed by atoms with Gasteiger partial charge in [0.2, 0.25) is 0 Å². The van der Waals surface area contributed by atoms with Crippen LogP contribution in [0.2, 0.25) is 0 Å². The van der Waals surface area contributed by atoms with Crippen LogP contribution in [0.3, 0.4) is 0 Å². The van der Waals surface area contributed by atoms with Crippen molar-refractivity contribution in [3.63, 3.8) is 0 Å². The Labute approximate surface area is 138 Å². The maximum atomic E-state index is 11.1. The van der Waals surface area contributed by atoms with Crippen LogP contribution in [0.15, 0.2) is 35.5 Å². The van der Waals surface area contributed by atoms with Crippen LogP contribution < -0.4 is 0 Å². The summed E-state index contributed by atoms with van der Waals surface area (Å²) in [5, 5.41) is 0. The number of hydrogen-bond donors (Lipinski definition) is 0. The van der Waals surface area contributed by atoms with Crippen molar-refractivity contribution in [2.24, 2.45) is 0 Å². The largest absolute Gasteiger partial charge is 2.00 e. The molecule has 0 amide bonds. The van der Waals surface area contributed by atoms with Crippen LogP contribution in [-0.4, -0.2) is 11.6 Å². The van der Waals surface area contributed by atoms with Crippen LogP contribution in [0.25, 0.3) is 0 Å². The van der Waals surface area contributed by atoms with Crippen LogP contribution in [0.1, 0.15) is 52.4 Å². The van der Waals surface area contributed by atoms with Gasteiger partial charge in [0, 0.05) is 11.6 Å². The average molecular weight is 326 g/mol. The average Bonchev–Trinajstić information content (AvgIpc) is 3.14. The van der Waals surface area contributed by atoms with E-state index in [9.17, 15) is 9.59 Å². The number of carbonyl (C=O) groups is 2. The first-order valence-corrected chi connectivity index (χ1v) is 7.30. The molecule has 0 heterocycles. The summed E-state index contributed by atoms with van der Waals surface area (Å²) >= 11 is 0. The molecule has 3 heteroatoms. The van der Waals surface area contributed by atoms with Crippen LogP contribution >= 0.6 is 0 Å². The van der Waals surface area contributed by atoms with Crippen LogP contribution in [0, 0.1) is 12.2 Å². The molecule has 0 aromatic heterocycles. The molecule has 0 bridgehead atoms. The molecule has 0 saturated carbocycles. The van der Waals surface area contributed by atoms with Gasteiger partial charge in [-0.2, -0.15) is 35.5 Å². The molecule has 0 saturated heterocycles. The van der Waals surface area contributed by atoms with Gasteiger partial charge in [0.15, 0.2) is 0 Å². The zero-order valence-electron chi connectivity index (χ0n) is 12.7. The van der Waals surface area contributed by atoms with Gasteiger partial charge in [-0.3, -0.25) is 0 Å². The number of carbonyl (C=O) groups excluding carboxylic acids is 2. The third-order valence-corrected chi connectivity index (χ3v) is 2.94. The molecule has 0 radical (unpaired) electrons. The minimum Gasteiger partial charge on any atom is -0.371 e. The van der Waals surface area contributed by atoms with E-state index in [-0.39, 0.29) is 28.6 Å². The summed E-state index contributed by atoms with van der Waals surface area (Å²) < 4.78 is 0. The SMILES string of the molecule is CCCC(=O)C1=[C-]CC=C1.CCCC(=O)C1=[C-]CC=C1.[Fe+2]. The van der Waals surface area contributed by atoms with Gasteiger partial charge >= 0.3 is 17.1 Å². The first-order chi connectivity index (χ1) is 9.69. The fraction of sp³-hybridized carbons (Fsp3) is 0.444. The summed E-state index contributed by atoms with van der Waals surface area (Å²) in [5.41, 5.74) is 1.56. The number of hydrogen-bond acceptors (Lipinski definition) is 2. The van der Waals surface area contributed by atoms with Crippen LogP contribution in [0.5, 0.6) is 0 Å². The molecule has 2 rings (SSSR count). The Morgan fingerprint density at radius 1 is 0.905 bits per heavy atom. The molecule has 0 aromatic carbocycles. The predicted octanol–water partition coefficient (Wildman–Crippen LogP) is 4.09. The molecule has 0 fully saturated rings. The Morgan fingerprint density at radius 2 is 1.29 bits per heavy atom. The molecule has 0 unspecified atom stereocenters. The van der Waals surface area contributed by atoms with E-state index < -0.39 is 0 Å². The second-order valence-corrected chi connectivity index (χ2v) is 4.74. The second kappa shape index (κ2) is 11.5. The molecule has 21 heavy (non-hydrogen) atoms. The molecular weight excluding hydrogens is 304 g/mol. The van der Waals surface area contributed by atoms with Gasteiger partial charge in [-0.05, 0) is 12.8 Å². The van der Waals surface area contributed by atoms with Crippen molar-refractivity contribution in [2.75, 3.05) is 0 Å². The Bertz CT molecular complexity index is 424. The van der Waals surface area contributed by atoms with Gasteiger partial charge in [-0.25, -0.2) is 0 Å². The molecule has 0 N–H and O–H groups in total. The second-order valence-electron chi connectivity index (χ2n) is 4.74. The first-order valence-electron chi connectivity index (χ1n) is 7.30. The topological polar surface area (TPSA) is 34.1 Å². The summed E-state index contributed by atoms with van der Waals surface area (Å²) in [7, 11) is 0. The van der Waals surface area contributed by atoms with Crippen molar-refractivity contribution in [3.05, 3.63) is 47.6 Å².